The average Bonchev–Trinajstić information content (AvgIpc) is 3.65. The molecule has 0 aliphatic heterocycles. The zero-order chi connectivity index (χ0) is 24.3. The van der Waals surface area contributed by atoms with Gasteiger partial charge in [0, 0.05) is 0 Å². The van der Waals surface area contributed by atoms with Crippen LogP contribution in [0, 0.1) is 0 Å². The van der Waals surface area contributed by atoms with Gasteiger partial charge in [-0.3, -0.25) is 0 Å². The van der Waals surface area contributed by atoms with Crippen LogP contribution in [0.3, 0.4) is 0 Å². The van der Waals surface area contributed by atoms with Crippen molar-refractivity contribution in [2.45, 2.75) is 0 Å². The molecule has 4 heteroatoms. The van der Waals surface area contributed by atoms with E-state index in [2.05, 4.69) is 135 Å². The Kier molecular flexibility index (Phi) is 4.53. The molecule has 37 heavy (non-hydrogen) atoms. The summed E-state index contributed by atoms with van der Waals surface area (Å²) in [6.07, 6.45) is 2.18. The minimum atomic E-state index is 0.257. The van der Waals surface area contributed by atoms with E-state index >= 15 is 0 Å². The van der Waals surface area contributed by atoms with Crippen molar-refractivity contribution in [3.63, 3.8) is 0 Å². The van der Waals surface area contributed by atoms with Crippen LogP contribution in [0.25, 0.3) is 65.3 Å². The number of aromatic nitrogens is 3. The van der Waals surface area contributed by atoms with Crippen LogP contribution in [0.1, 0.15) is 0 Å². The van der Waals surface area contributed by atoms with Gasteiger partial charge in [-0.25, -0.2) is 0 Å². The van der Waals surface area contributed by atoms with Gasteiger partial charge in [0.2, 0.25) is 0 Å². The summed E-state index contributed by atoms with van der Waals surface area (Å²) in [7, 11) is 0. The number of hydrogen-bond acceptors (Lipinski definition) is 1. The SMILES string of the molecule is c1ccc2cc(-c3nc4[se]ccn4c3-c3ccc(-n4c5ccccc5c5ccccc54)cc3)ccc2c1. The van der Waals surface area contributed by atoms with Crippen LogP contribution in [-0.4, -0.2) is 28.5 Å². The van der Waals surface area contributed by atoms with E-state index < -0.39 is 0 Å². The van der Waals surface area contributed by atoms with Crippen LogP contribution < -0.4 is 0 Å². The number of rotatable bonds is 3. The zero-order valence-electron chi connectivity index (χ0n) is 19.9. The van der Waals surface area contributed by atoms with Gasteiger partial charge in [-0.2, -0.15) is 0 Å². The third kappa shape index (κ3) is 3.17. The third-order valence-electron chi connectivity index (χ3n) is 7.26. The molecule has 0 saturated heterocycles. The summed E-state index contributed by atoms with van der Waals surface area (Å²) in [6, 6.07) is 41.4. The molecule has 0 unspecified atom stereocenters. The van der Waals surface area contributed by atoms with E-state index in [1.54, 1.807) is 0 Å². The maximum absolute atomic E-state index is 5.12. The van der Waals surface area contributed by atoms with Crippen LogP contribution in [-0.2, 0) is 0 Å². The maximum atomic E-state index is 5.12. The molecule has 0 amide bonds. The molecule has 5 aromatic carbocycles. The zero-order valence-corrected chi connectivity index (χ0v) is 21.6. The second-order valence-corrected chi connectivity index (χ2v) is 11.2. The first kappa shape index (κ1) is 20.8. The average molecular weight is 539 g/mol. The Bertz CT molecular complexity index is 2040. The normalized spacial score (nSPS) is 11.8. The Morgan fingerprint density at radius 3 is 2.00 bits per heavy atom. The van der Waals surface area contributed by atoms with Gasteiger partial charge in [0.25, 0.3) is 0 Å². The molecule has 3 nitrogen and oxygen atoms in total. The van der Waals surface area contributed by atoms with E-state index in [0.29, 0.717) is 0 Å². The molecule has 0 atom stereocenters. The number of imidazole rings is 1. The van der Waals surface area contributed by atoms with Gasteiger partial charge in [0.15, 0.2) is 0 Å². The molecule has 0 radical (unpaired) electrons. The van der Waals surface area contributed by atoms with Crippen molar-refractivity contribution in [1.29, 1.82) is 0 Å². The number of para-hydroxylation sites is 2. The fraction of sp³-hybridized carbons (Fsp3) is 0. The van der Waals surface area contributed by atoms with Gasteiger partial charge in [0.1, 0.15) is 0 Å². The molecule has 3 heterocycles. The fourth-order valence-electron chi connectivity index (χ4n) is 5.57. The van der Waals surface area contributed by atoms with Crippen molar-refractivity contribution in [3.05, 3.63) is 126 Å². The van der Waals surface area contributed by atoms with Gasteiger partial charge in [-0.15, -0.1) is 0 Å². The molecule has 0 spiro atoms. The van der Waals surface area contributed by atoms with Crippen molar-refractivity contribution in [1.82, 2.24) is 14.0 Å². The van der Waals surface area contributed by atoms with Crippen molar-refractivity contribution in [2.24, 2.45) is 0 Å². The minimum absolute atomic E-state index is 0.257. The van der Waals surface area contributed by atoms with Crippen LogP contribution in [0.5, 0.6) is 0 Å². The molecule has 174 valence electrons. The first-order chi connectivity index (χ1) is 18.3. The van der Waals surface area contributed by atoms with Crippen molar-refractivity contribution in [3.8, 4) is 28.2 Å². The van der Waals surface area contributed by atoms with Gasteiger partial charge < -0.3 is 0 Å². The van der Waals surface area contributed by atoms with Crippen molar-refractivity contribution >= 4 is 51.6 Å². The Balaban J connectivity index is 1.31. The van der Waals surface area contributed by atoms with E-state index in [1.165, 1.54) is 38.1 Å². The first-order valence-electron chi connectivity index (χ1n) is 12.4. The summed E-state index contributed by atoms with van der Waals surface area (Å²) in [5.74, 6) is 0. The summed E-state index contributed by atoms with van der Waals surface area (Å²) >= 11 is 0.257. The van der Waals surface area contributed by atoms with Gasteiger partial charge in [-0.1, -0.05) is 0 Å². The number of benzene rings is 5. The molecule has 0 bridgehead atoms. The monoisotopic (exact) mass is 539 g/mol. The molecule has 8 aromatic rings. The molecule has 3 aromatic heterocycles. The van der Waals surface area contributed by atoms with Crippen molar-refractivity contribution < 1.29 is 0 Å². The Morgan fingerprint density at radius 2 is 1.24 bits per heavy atom. The van der Waals surface area contributed by atoms with E-state index in [0.717, 1.165) is 27.2 Å². The number of hydrogen-bond donors (Lipinski definition) is 0. The van der Waals surface area contributed by atoms with Crippen molar-refractivity contribution in [2.75, 3.05) is 0 Å². The van der Waals surface area contributed by atoms with Crippen LogP contribution in [0.15, 0.2) is 126 Å². The second-order valence-electron chi connectivity index (χ2n) is 9.34. The summed E-state index contributed by atoms with van der Waals surface area (Å²) in [5, 5.41) is 5.05. The second kappa shape index (κ2) is 8.07. The molecular formula is C33H21N3Se. The molecular weight excluding hydrogens is 517 g/mol. The molecule has 0 saturated carbocycles. The first-order valence-corrected chi connectivity index (χ1v) is 14.2. The summed E-state index contributed by atoms with van der Waals surface area (Å²) in [4.78, 5) is 7.37. The Labute approximate surface area is 219 Å². The fourth-order valence-corrected chi connectivity index (χ4v) is 7.07. The third-order valence-corrected chi connectivity index (χ3v) is 8.85. The van der Waals surface area contributed by atoms with Gasteiger partial charge in [0.05, 0.1) is 0 Å². The Morgan fingerprint density at radius 1 is 0.595 bits per heavy atom. The van der Waals surface area contributed by atoms with Crippen LogP contribution in [0.2, 0.25) is 0 Å². The molecule has 0 fully saturated rings. The summed E-state index contributed by atoms with van der Waals surface area (Å²) in [6.45, 7) is 0. The number of fused-ring (bicyclic) bond motifs is 5. The van der Waals surface area contributed by atoms with Gasteiger partial charge in [-0.05, 0) is 0 Å². The van der Waals surface area contributed by atoms with E-state index in [-0.39, 0.29) is 14.5 Å². The summed E-state index contributed by atoms with van der Waals surface area (Å²) < 4.78 is 5.79. The Hall–Kier alpha value is -4.37. The molecule has 0 aliphatic rings. The quantitative estimate of drug-likeness (QED) is 0.209. The van der Waals surface area contributed by atoms with Crippen LogP contribution in [0.4, 0.5) is 0 Å². The van der Waals surface area contributed by atoms with E-state index in [9.17, 15) is 0 Å². The molecule has 8 rings (SSSR count). The predicted molar refractivity (Wildman–Crippen MR) is 155 cm³/mol. The van der Waals surface area contributed by atoms with Gasteiger partial charge >= 0.3 is 220 Å². The summed E-state index contributed by atoms with van der Waals surface area (Å²) in [5.41, 5.74) is 8.16. The topological polar surface area (TPSA) is 22.2 Å². The van der Waals surface area contributed by atoms with E-state index in [4.69, 9.17) is 4.98 Å². The standard InChI is InChI=1S/C33H21N3Se/c1-2-8-24-21-25(14-13-22(24)7-1)31-32(35-19-20-37-33(35)34-31)23-15-17-26(18-16-23)36-29-11-5-3-9-27(29)28-10-4-6-12-30(28)36/h1-21H. The number of nitrogens with zero attached hydrogens (tertiary/aromatic N) is 3. The molecule has 0 aliphatic carbocycles. The van der Waals surface area contributed by atoms with Crippen LogP contribution >= 0.6 is 0 Å². The van der Waals surface area contributed by atoms with E-state index in [1.807, 2.05) is 0 Å². The molecule has 0 N–H and O–H groups in total. The predicted octanol–water partition coefficient (Wildman–Crippen LogP) is 7.98.